The first-order valence-electron chi connectivity index (χ1n) is 37.5. The fourth-order valence-electron chi connectivity index (χ4n) is 10.9. The van der Waals surface area contributed by atoms with E-state index in [-0.39, 0.29) is 25.7 Å². The maximum atomic E-state index is 13.0. The minimum absolute atomic E-state index is 0.107. The first-order valence-corrected chi connectivity index (χ1v) is 40.5. The van der Waals surface area contributed by atoms with Gasteiger partial charge in [0.15, 0.2) is 12.2 Å². The summed E-state index contributed by atoms with van der Waals surface area (Å²) in [4.78, 5) is 72.5. The van der Waals surface area contributed by atoms with Gasteiger partial charge in [0.1, 0.15) is 19.3 Å². The highest BCUT2D eigenvalue weighted by atomic mass is 31.2. The standard InChI is InChI=1S/C72H140O17P2/c1-7-10-12-14-16-17-18-19-22-25-32-38-44-50-56-71(76)88-67(60-82-69(74)54-48-42-34-15-13-11-8-2)62-86-90(78,79)84-58-66(73)59-85-91(80,81)87-63-68(61-83-70(75)55-49-43-37-31-28-27-30-36-41-47-53-65(6)9-3)89-72(77)57-51-45-39-33-26-23-20-21-24-29-35-40-46-52-64(4)5/h64-68,73H,7-63H2,1-6H3,(H,78,79)(H,80,81)/t65?,66-,67+,68+/m0/s1. The number of carbonyl (C=O) groups is 4. The van der Waals surface area contributed by atoms with Gasteiger partial charge in [0.05, 0.1) is 26.4 Å². The number of hydrogen-bond acceptors (Lipinski definition) is 15. The highest BCUT2D eigenvalue weighted by molar-refractivity contribution is 7.47. The van der Waals surface area contributed by atoms with E-state index in [0.29, 0.717) is 25.7 Å². The minimum Gasteiger partial charge on any atom is -0.462 e. The number of unbranched alkanes of at least 4 members (excludes halogenated alkanes) is 40. The molecule has 0 aliphatic carbocycles. The lowest BCUT2D eigenvalue weighted by atomic mass is 9.99. The van der Waals surface area contributed by atoms with Crippen molar-refractivity contribution in [2.45, 2.75) is 387 Å². The number of hydrogen-bond donors (Lipinski definition) is 3. The summed E-state index contributed by atoms with van der Waals surface area (Å²) in [5, 5.41) is 10.6. The van der Waals surface area contributed by atoms with Crippen LogP contribution in [-0.2, 0) is 65.4 Å². The van der Waals surface area contributed by atoms with Crippen LogP contribution in [0.4, 0.5) is 0 Å². The third-order valence-corrected chi connectivity index (χ3v) is 19.0. The molecule has 3 unspecified atom stereocenters. The van der Waals surface area contributed by atoms with E-state index in [2.05, 4.69) is 41.5 Å². The van der Waals surface area contributed by atoms with Crippen molar-refractivity contribution < 1.29 is 80.2 Å². The van der Waals surface area contributed by atoms with Crippen LogP contribution in [0.15, 0.2) is 0 Å². The molecule has 0 aromatic rings. The quantitative estimate of drug-likeness (QED) is 0.0222. The highest BCUT2D eigenvalue weighted by Gasteiger charge is 2.30. The molecule has 0 amide bonds. The average molecular weight is 1340 g/mol. The molecule has 0 spiro atoms. The zero-order valence-electron chi connectivity index (χ0n) is 59.1. The Bertz CT molecular complexity index is 1770. The molecular formula is C72H140O17P2. The fourth-order valence-corrected chi connectivity index (χ4v) is 12.5. The summed E-state index contributed by atoms with van der Waals surface area (Å²) in [6.45, 7) is 9.58. The molecule has 0 fully saturated rings. The maximum absolute atomic E-state index is 13.0. The molecule has 3 N–H and O–H groups in total. The number of ether oxygens (including phenoxy) is 4. The van der Waals surface area contributed by atoms with Crippen LogP contribution in [0, 0.1) is 11.8 Å². The molecule has 19 heteroatoms. The molecule has 0 saturated heterocycles. The van der Waals surface area contributed by atoms with Gasteiger partial charge in [0.25, 0.3) is 0 Å². The van der Waals surface area contributed by atoms with Crippen molar-refractivity contribution in [1.29, 1.82) is 0 Å². The van der Waals surface area contributed by atoms with Gasteiger partial charge in [-0.15, -0.1) is 0 Å². The molecule has 0 aromatic carbocycles. The summed E-state index contributed by atoms with van der Waals surface area (Å²) in [7, 11) is -9.90. The Labute approximate surface area is 556 Å². The fraction of sp³-hybridized carbons (Fsp3) is 0.944. The monoisotopic (exact) mass is 1340 g/mol. The normalized spacial score (nSPS) is 14.4. The van der Waals surface area contributed by atoms with Crippen molar-refractivity contribution in [3.05, 3.63) is 0 Å². The van der Waals surface area contributed by atoms with Crippen LogP contribution in [0.25, 0.3) is 0 Å². The summed E-state index contributed by atoms with van der Waals surface area (Å²) < 4.78 is 68.3. The molecular weight excluding hydrogens is 1200 g/mol. The van der Waals surface area contributed by atoms with Crippen LogP contribution >= 0.6 is 15.6 Å². The summed E-state index contributed by atoms with van der Waals surface area (Å²) in [6, 6.07) is 0. The van der Waals surface area contributed by atoms with E-state index >= 15 is 0 Å². The second-order valence-corrected chi connectivity index (χ2v) is 29.6. The van der Waals surface area contributed by atoms with E-state index in [0.717, 1.165) is 115 Å². The molecule has 0 aromatic heterocycles. The predicted molar refractivity (Wildman–Crippen MR) is 368 cm³/mol. The van der Waals surface area contributed by atoms with E-state index in [1.807, 2.05) is 0 Å². The van der Waals surface area contributed by atoms with Crippen LogP contribution in [0.5, 0.6) is 0 Å². The molecule has 0 aliphatic heterocycles. The highest BCUT2D eigenvalue weighted by Crippen LogP contribution is 2.45. The third kappa shape index (κ3) is 65.1. The maximum Gasteiger partial charge on any atom is 0.472 e. The van der Waals surface area contributed by atoms with Crippen molar-refractivity contribution in [2.75, 3.05) is 39.6 Å². The zero-order valence-corrected chi connectivity index (χ0v) is 60.9. The second-order valence-electron chi connectivity index (χ2n) is 26.7. The Hall–Kier alpha value is -1.94. The number of rotatable bonds is 71. The van der Waals surface area contributed by atoms with Crippen LogP contribution in [0.3, 0.4) is 0 Å². The molecule has 91 heavy (non-hydrogen) atoms. The predicted octanol–water partition coefficient (Wildman–Crippen LogP) is 20.8. The van der Waals surface area contributed by atoms with Crippen molar-refractivity contribution >= 4 is 39.5 Å². The van der Waals surface area contributed by atoms with Gasteiger partial charge in [-0.2, -0.15) is 0 Å². The largest absolute Gasteiger partial charge is 0.472 e. The van der Waals surface area contributed by atoms with Gasteiger partial charge in [0, 0.05) is 25.7 Å². The Morgan fingerprint density at radius 3 is 0.835 bits per heavy atom. The van der Waals surface area contributed by atoms with Gasteiger partial charge in [0.2, 0.25) is 0 Å². The van der Waals surface area contributed by atoms with Crippen molar-refractivity contribution in [3.8, 4) is 0 Å². The summed E-state index contributed by atoms with van der Waals surface area (Å²) in [5.74, 6) is -0.528. The first-order chi connectivity index (χ1) is 43.9. The third-order valence-electron chi connectivity index (χ3n) is 17.1. The van der Waals surface area contributed by atoms with Gasteiger partial charge < -0.3 is 33.8 Å². The van der Waals surface area contributed by atoms with E-state index in [4.69, 9.17) is 37.0 Å². The molecule has 0 heterocycles. The molecule has 17 nitrogen and oxygen atoms in total. The number of aliphatic hydroxyl groups is 1. The summed E-state index contributed by atoms with van der Waals surface area (Å²) >= 11 is 0. The summed E-state index contributed by atoms with van der Waals surface area (Å²) in [6.07, 6.45) is 49.9. The van der Waals surface area contributed by atoms with Gasteiger partial charge >= 0.3 is 39.5 Å². The second kappa shape index (κ2) is 64.1. The Morgan fingerprint density at radius 1 is 0.319 bits per heavy atom. The topological polar surface area (TPSA) is 237 Å². The van der Waals surface area contributed by atoms with E-state index in [1.165, 1.54) is 173 Å². The van der Waals surface area contributed by atoms with E-state index in [1.54, 1.807) is 0 Å². The molecule has 0 radical (unpaired) electrons. The van der Waals surface area contributed by atoms with Gasteiger partial charge in [-0.25, -0.2) is 9.13 Å². The first kappa shape index (κ1) is 89.1. The van der Waals surface area contributed by atoms with Crippen molar-refractivity contribution in [2.24, 2.45) is 11.8 Å². The summed E-state index contributed by atoms with van der Waals surface area (Å²) in [5.41, 5.74) is 0. The minimum atomic E-state index is -4.95. The lowest BCUT2D eigenvalue weighted by Crippen LogP contribution is -2.30. The van der Waals surface area contributed by atoms with Crippen LogP contribution in [0.1, 0.15) is 369 Å². The van der Waals surface area contributed by atoms with E-state index in [9.17, 15) is 43.2 Å². The molecule has 0 rings (SSSR count). The van der Waals surface area contributed by atoms with Crippen molar-refractivity contribution in [1.82, 2.24) is 0 Å². The van der Waals surface area contributed by atoms with Gasteiger partial charge in [-0.05, 0) is 37.5 Å². The smallest absolute Gasteiger partial charge is 0.462 e. The van der Waals surface area contributed by atoms with Crippen LogP contribution in [-0.4, -0.2) is 96.7 Å². The lowest BCUT2D eigenvalue weighted by molar-refractivity contribution is -0.161. The zero-order chi connectivity index (χ0) is 67.2. The Morgan fingerprint density at radius 2 is 0.560 bits per heavy atom. The molecule has 6 atom stereocenters. The molecule has 540 valence electrons. The van der Waals surface area contributed by atoms with Gasteiger partial charge in [-0.1, -0.05) is 318 Å². The van der Waals surface area contributed by atoms with Crippen molar-refractivity contribution in [3.63, 3.8) is 0 Å². The van der Waals surface area contributed by atoms with Gasteiger partial charge in [-0.3, -0.25) is 37.3 Å². The SMILES string of the molecule is CCCCCCCCCCCCCCCCC(=O)O[C@H](COC(=O)CCCCCCCCC)COP(=O)(O)OC[C@H](O)COP(=O)(O)OC[C@@H](COC(=O)CCCCCCCCCCCCC(C)CC)OC(=O)CCCCCCCCCCCCCCCC(C)C. The Balaban J connectivity index is 5.21. The Kier molecular flexibility index (Phi) is 62.7. The molecule has 0 aliphatic rings. The van der Waals surface area contributed by atoms with Crippen LogP contribution in [0.2, 0.25) is 0 Å². The number of carbonyl (C=O) groups excluding carboxylic acids is 4. The molecule has 0 saturated carbocycles. The number of phosphoric ester groups is 2. The van der Waals surface area contributed by atoms with E-state index < -0.39 is 97.5 Å². The number of aliphatic hydroxyl groups excluding tert-OH is 1. The number of phosphoric acid groups is 2. The van der Waals surface area contributed by atoms with Crippen LogP contribution < -0.4 is 0 Å². The lowest BCUT2D eigenvalue weighted by Gasteiger charge is -2.21. The molecule has 0 bridgehead atoms. The average Bonchev–Trinajstić information content (AvgIpc) is 2.30. The number of esters is 4.